The number of oxazole rings is 1. The Kier molecular flexibility index (Phi) is 8.64. The summed E-state index contributed by atoms with van der Waals surface area (Å²) in [5.74, 6) is 0.251. The number of hydrogen-bond acceptors (Lipinski definition) is 8. The fourth-order valence-electron chi connectivity index (χ4n) is 3.50. The molecule has 0 spiro atoms. The number of ether oxygens (including phenoxy) is 2. The lowest BCUT2D eigenvalue weighted by Gasteiger charge is -2.17. The number of amides is 2. The van der Waals surface area contributed by atoms with Crippen molar-refractivity contribution in [3.05, 3.63) is 108 Å². The summed E-state index contributed by atoms with van der Waals surface area (Å²) in [6.45, 7) is 0.328. The predicted octanol–water partition coefficient (Wildman–Crippen LogP) is 4.39. The van der Waals surface area contributed by atoms with Crippen molar-refractivity contribution in [2.45, 2.75) is 25.5 Å². The van der Waals surface area contributed by atoms with Gasteiger partial charge in [-0.1, -0.05) is 60.7 Å². The summed E-state index contributed by atoms with van der Waals surface area (Å²) in [7, 11) is 0. The zero-order valence-corrected chi connectivity index (χ0v) is 20.0. The van der Waals surface area contributed by atoms with Gasteiger partial charge in [0.15, 0.2) is 0 Å². The zero-order chi connectivity index (χ0) is 26.0. The lowest BCUT2D eigenvalue weighted by Crippen LogP contribution is -2.46. The van der Waals surface area contributed by atoms with Crippen LogP contribution in [0.25, 0.3) is 11.5 Å². The number of rotatable bonds is 10. The van der Waals surface area contributed by atoms with Crippen molar-refractivity contribution in [3.63, 3.8) is 0 Å². The Balaban J connectivity index is 1.21. The largest absolute Gasteiger partial charge is 0.493 e. The highest BCUT2D eigenvalue weighted by molar-refractivity contribution is 5.93. The van der Waals surface area contributed by atoms with Gasteiger partial charge in [-0.05, 0) is 41.8 Å². The molecular formula is C28H27N3O6. The molecule has 0 aliphatic carbocycles. The maximum Gasteiger partial charge on any atom is 0.441 e. The van der Waals surface area contributed by atoms with Crippen LogP contribution in [0.3, 0.4) is 0 Å². The fourth-order valence-corrected chi connectivity index (χ4v) is 3.50. The van der Waals surface area contributed by atoms with Crippen LogP contribution in [-0.2, 0) is 29.0 Å². The summed E-state index contributed by atoms with van der Waals surface area (Å²) in [6, 6.07) is 24.5. The molecule has 190 valence electrons. The summed E-state index contributed by atoms with van der Waals surface area (Å²) < 4.78 is 16.3. The second kappa shape index (κ2) is 12.5. The smallest absolute Gasteiger partial charge is 0.441 e. The van der Waals surface area contributed by atoms with Gasteiger partial charge in [0.2, 0.25) is 5.89 Å². The van der Waals surface area contributed by atoms with E-state index >= 15 is 0 Å². The first-order chi connectivity index (χ1) is 18.0. The van der Waals surface area contributed by atoms with E-state index in [-0.39, 0.29) is 18.1 Å². The number of hydroxylamine groups is 2. The summed E-state index contributed by atoms with van der Waals surface area (Å²) >= 11 is 0. The van der Waals surface area contributed by atoms with Gasteiger partial charge in [0.25, 0.3) is 5.91 Å². The van der Waals surface area contributed by atoms with Gasteiger partial charge in [0.05, 0.1) is 18.3 Å². The molecule has 9 heteroatoms. The first-order valence-corrected chi connectivity index (χ1v) is 11.7. The monoisotopic (exact) mass is 501 g/mol. The van der Waals surface area contributed by atoms with E-state index < -0.39 is 18.0 Å². The number of imide groups is 1. The van der Waals surface area contributed by atoms with Crippen molar-refractivity contribution in [2.24, 2.45) is 5.73 Å². The Morgan fingerprint density at radius 1 is 0.946 bits per heavy atom. The minimum atomic E-state index is -1.18. The summed E-state index contributed by atoms with van der Waals surface area (Å²) in [5, 5.41) is 9.83. The van der Waals surface area contributed by atoms with Crippen molar-refractivity contribution in [1.29, 1.82) is 0 Å². The third kappa shape index (κ3) is 7.26. The zero-order valence-electron chi connectivity index (χ0n) is 20.0. The maximum atomic E-state index is 12.3. The SMILES string of the molecule is N[C@@H](Cc1ccc(OCCc2coc(-c3ccccc3)n2)cc1)C(=O)N(O)C(=O)OCc1ccccc1. The van der Waals surface area contributed by atoms with Gasteiger partial charge >= 0.3 is 6.09 Å². The first-order valence-electron chi connectivity index (χ1n) is 11.7. The second-order valence-corrected chi connectivity index (χ2v) is 8.25. The molecule has 0 saturated heterocycles. The molecule has 0 fully saturated rings. The van der Waals surface area contributed by atoms with E-state index in [1.807, 2.05) is 36.4 Å². The molecule has 4 rings (SSSR count). The highest BCUT2D eigenvalue weighted by Crippen LogP contribution is 2.19. The Morgan fingerprint density at radius 2 is 1.62 bits per heavy atom. The van der Waals surface area contributed by atoms with Gasteiger partial charge in [-0.25, -0.2) is 9.78 Å². The molecule has 4 aromatic rings. The van der Waals surface area contributed by atoms with E-state index in [1.54, 1.807) is 54.8 Å². The van der Waals surface area contributed by atoms with Crippen molar-refractivity contribution in [2.75, 3.05) is 6.61 Å². The van der Waals surface area contributed by atoms with Gasteiger partial charge in [-0.15, -0.1) is 5.06 Å². The van der Waals surface area contributed by atoms with Crippen LogP contribution < -0.4 is 10.5 Å². The lowest BCUT2D eigenvalue weighted by molar-refractivity contribution is -0.159. The summed E-state index contributed by atoms with van der Waals surface area (Å²) in [6.07, 6.45) is 1.12. The van der Waals surface area contributed by atoms with Crippen molar-refractivity contribution >= 4 is 12.0 Å². The second-order valence-electron chi connectivity index (χ2n) is 8.25. The van der Waals surface area contributed by atoms with Crippen LogP contribution in [0.2, 0.25) is 0 Å². The minimum absolute atomic E-state index is 0.0778. The molecule has 0 saturated carbocycles. The van der Waals surface area contributed by atoms with Crippen LogP contribution in [0.5, 0.6) is 5.75 Å². The van der Waals surface area contributed by atoms with E-state index in [0.29, 0.717) is 24.7 Å². The average Bonchev–Trinajstić information content (AvgIpc) is 3.42. The van der Waals surface area contributed by atoms with E-state index in [2.05, 4.69) is 4.98 Å². The van der Waals surface area contributed by atoms with Gasteiger partial charge < -0.3 is 19.6 Å². The van der Waals surface area contributed by atoms with E-state index in [4.69, 9.17) is 19.6 Å². The van der Waals surface area contributed by atoms with Gasteiger partial charge in [-0.2, -0.15) is 0 Å². The first kappa shape index (κ1) is 25.6. The number of benzene rings is 3. The number of nitrogens with zero attached hydrogens (tertiary/aromatic N) is 2. The van der Waals surface area contributed by atoms with E-state index in [0.717, 1.165) is 22.4 Å². The molecule has 0 radical (unpaired) electrons. The minimum Gasteiger partial charge on any atom is -0.493 e. The topological polar surface area (TPSA) is 128 Å². The van der Waals surface area contributed by atoms with Crippen molar-refractivity contribution in [1.82, 2.24) is 10.0 Å². The normalized spacial score (nSPS) is 11.5. The average molecular weight is 502 g/mol. The molecule has 0 bridgehead atoms. The van der Waals surface area contributed by atoms with Crippen molar-refractivity contribution < 1.29 is 28.7 Å². The molecule has 9 nitrogen and oxygen atoms in total. The lowest BCUT2D eigenvalue weighted by atomic mass is 10.1. The predicted molar refractivity (Wildman–Crippen MR) is 135 cm³/mol. The number of aromatic nitrogens is 1. The number of carbonyl (C=O) groups is 2. The highest BCUT2D eigenvalue weighted by atomic mass is 16.6. The molecule has 0 aliphatic rings. The van der Waals surface area contributed by atoms with Crippen LogP contribution in [0.15, 0.2) is 95.6 Å². The van der Waals surface area contributed by atoms with Crippen LogP contribution in [0, 0.1) is 0 Å². The van der Waals surface area contributed by atoms with E-state index in [1.165, 1.54) is 0 Å². The molecule has 0 aliphatic heterocycles. The Morgan fingerprint density at radius 3 is 2.32 bits per heavy atom. The van der Waals surface area contributed by atoms with Crippen molar-refractivity contribution in [3.8, 4) is 17.2 Å². The molecule has 0 unspecified atom stereocenters. The quantitative estimate of drug-likeness (QED) is 0.242. The molecule has 2 amide bonds. The van der Waals surface area contributed by atoms with Gasteiger partial charge in [0.1, 0.15) is 18.6 Å². The fraction of sp³-hybridized carbons (Fsp3) is 0.179. The molecule has 3 N–H and O–H groups in total. The molecule has 3 aromatic carbocycles. The molecule has 37 heavy (non-hydrogen) atoms. The standard InChI is InChI=1S/C28H27N3O6/c29-25(27(32)31(34)28(33)37-18-21-7-3-1-4-8-21)17-20-11-13-24(14-12-20)35-16-15-23-19-36-26(30-23)22-9-5-2-6-10-22/h1-14,19,25,34H,15-18,29H2/t25-/m0/s1. The highest BCUT2D eigenvalue weighted by Gasteiger charge is 2.27. The van der Waals surface area contributed by atoms with Crippen LogP contribution in [-0.4, -0.2) is 39.9 Å². The number of nitrogens with two attached hydrogens (primary N) is 1. The summed E-state index contributed by atoms with van der Waals surface area (Å²) in [5.41, 5.74) is 9.08. The number of hydrogen-bond donors (Lipinski definition) is 2. The summed E-state index contributed by atoms with van der Waals surface area (Å²) in [4.78, 5) is 28.8. The third-order valence-corrected chi connectivity index (χ3v) is 5.48. The maximum absolute atomic E-state index is 12.3. The number of carbonyl (C=O) groups excluding carboxylic acids is 2. The van der Waals surface area contributed by atoms with E-state index in [9.17, 15) is 14.8 Å². The molecule has 1 aromatic heterocycles. The molecule has 1 heterocycles. The van der Waals surface area contributed by atoms with Crippen LogP contribution in [0.4, 0.5) is 4.79 Å². The Labute approximate surface area is 214 Å². The van der Waals surface area contributed by atoms with Gasteiger partial charge in [-0.3, -0.25) is 10.0 Å². The third-order valence-electron chi connectivity index (χ3n) is 5.48. The molecular weight excluding hydrogens is 474 g/mol. The van der Waals surface area contributed by atoms with Crippen LogP contribution >= 0.6 is 0 Å². The van der Waals surface area contributed by atoms with Gasteiger partial charge in [0, 0.05) is 12.0 Å². The Hall–Kier alpha value is -4.47. The molecule has 1 atom stereocenters. The van der Waals surface area contributed by atoms with Crippen LogP contribution in [0.1, 0.15) is 16.8 Å². The Bertz CT molecular complexity index is 1290.